The van der Waals surface area contributed by atoms with Crippen molar-refractivity contribution in [2.24, 2.45) is 0 Å². The summed E-state index contributed by atoms with van der Waals surface area (Å²) in [5.74, 6) is -0.0492. The molecule has 0 aromatic carbocycles. The Labute approximate surface area is 181 Å². The van der Waals surface area contributed by atoms with Gasteiger partial charge in [-0.2, -0.15) is 0 Å². The lowest BCUT2D eigenvalue weighted by atomic mass is 10.1. The van der Waals surface area contributed by atoms with Gasteiger partial charge in [0.05, 0.1) is 18.3 Å². The molecular weight excluding hydrogens is 403 g/mol. The zero-order chi connectivity index (χ0) is 18.9. The van der Waals surface area contributed by atoms with Crippen LogP contribution in [0.1, 0.15) is 48.9 Å². The van der Waals surface area contributed by atoms with Crippen LogP contribution >= 0.6 is 24.8 Å². The van der Waals surface area contributed by atoms with E-state index in [0.717, 1.165) is 51.3 Å². The van der Waals surface area contributed by atoms with Gasteiger partial charge in [0.1, 0.15) is 0 Å². The molecule has 1 aromatic rings. The number of nitrogens with one attached hydrogen (secondary N) is 1. The van der Waals surface area contributed by atoms with Gasteiger partial charge in [-0.1, -0.05) is 19.1 Å². The molecule has 1 fully saturated rings. The van der Waals surface area contributed by atoms with Crippen LogP contribution in [-0.2, 0) is 4.74 Å². The molecule has 0 radical (unpaired) electrons. The number of hydrogen-bond donors (Lipinski definition) is 1. The molecule has 0 spiro atoms. The fraction of sp³-hybridized carbons (Fsp3) is 0.833. The maximum absolute atomic E-state index is 13.1. The molecule has 28 heavy (non-hydrogen) atoms. The summed E-state index contributed by atoms with van der Waals surface area (Å²) in [7, 11) is 1.66. The lowest BCUT2D eigenvalue weighted by Gasteiger charge is -2.26. The number of rotatable bonds is 10. The quantitative estimate of drug-likeness (QED) is 0.599. The van der Waals surface area contributed by atoms with Crippen molar-refractivity contribution in [3.8, 4) is 0 Å². The number of amides is 1. The SMILES string of the molecule is CCN(CC)CCN(CCOC)C(=O)c1nnn(C2CCNCC2)c1C.Cl.Cl. The average molecular weight is 439 g/mol. The molecule has 0 aliphatic carbocycles. The molecule has 1 N–H and O–H groups in total. The molecule has 0 unspecified atom stereocenters. The summed E-state index contributed by atoms with van der Waals surface area (Å²) in [6.07, 6.45) is 2.04. The number of carbonyl (C=O) groups is 1. The predicted molar refractivity (Wildman–Crippen MR) is 116 cm³/mol. The van der Waals surface area contributed by atoms with Crippen molar-refractivity contribution >= 4 is 30.7 Å². The normalized spacial score (nSPS) is 14.5. The number of halogens is 2. The third-order valence-corrected chi connectivity index (χ3v) is 5.22. The van der Waals surface area contributed by atoms with Crippen molar-refractivity contribution in [2.75, 3.05) is 59.5 Å². The van der Waals surface area contributed by atoms with Gasteiger partial charge in [0, 0.05) is 26.7 Å². The Kier molecular flexibility index (Phi) is 13.6. The molecule has 10 heteroatoms. The van der Waals surface area contributed by atoms with Gasteiger partial charge in [0.15, 0.2) is 5.69 Å². The number of aromatic nitrogens is 3. The Balaban J connectivity index is 0.00000364. The molecule has 2 heterocycles. The minimum absolute atomic E-state index is 0. The molecule has 1 aromatic heterocycles. The van der Waals surface area contributed by atoms with Gasteiger partial charge in [-0.25, -0.2) is 4.68 Å². The number of methoxy groups -OCH3 is 1. The molecule has 1 amide bonds. The Morgan fingerprint density at radius 2 is 1.82 bits per heavy atom. The fourth-order valence-corrected chi connectivity index (χ4v) is 3.40. The van der Waals surface area contributed by atoms with E-state index < -0.39 is 0 Å². The fourth-order valence-electron chi connectivity index (χ4n) is 3.40. The second-order valence-electron chi connectivity index (χ2n) is 6.76. The standard InChI is InChI=1S/C18H34N6O2.2ClH/c1-5-22(6-2)11-12-23(13-14-26-4)18(25)17-15(3)24(21-20-17)16-7-9-19-10-8-16;;/h16,19H,5-14H2,1-4H3;2*1H. The molecule has 164 valence electrons. The van der Waals surface area contributed by atoms with E-state index in [2.05, 4.69) is 34.4 Å². The average Bonchev–Trinajstić information content (AvgIpc) is 3.06. The number of likely N-dealkylation sites (N-methyl/N-ethyl adjacent to an activating group) is 1. The minimum Gasteiger partial charge on any atom is -0.383 e. The van der Waals surface area contributed by atoms with Gasteiger partial charge < -0.3 is 19.9 Å². The number of hydrogen-bond acceptors (Lipinski definition) is 6. The largest absolute Gasteiger partial charge is 0.383 e. The number of nitrogens with zero attached hydrogens (tertiary/aromatic N) is 5. The minimum atomic E-state index is -0.0492. The van der Waals surface area contributed by atoms with Crippen molar-refractivity contribution in [1.82, 2.24) is 30.1 Å². The zero-order valence-electron chi connectivity index (χ0n) is 17.5. The van der Waals surface area contributed by atoms with Crippen LogP contribution in [-0.4, -0.2) is 90.2 Å². The van der Waals surface area contributed by atoms with Crippen LogP contribution in [0, 0.1) is 6.92 Å². The first-order chi connectivity index (χ1) is 12.6. The van der Waals surface area contributed by atoms with Gasteiger partial charge in [-0.3, -0.25) is 4.79 Å². The van der Waals surface area contributed by atoms with Crippen LogP contribution in [0.25, 0.3) is 0 Å². The van der Waals surface area contributed by atoms with E-state index in [4.69, 9.17) is 4.74 Å². The van der Waals surface area contributed by atoms with E-state index in [0.29, 0.717) is 31.4 Å². The van der Waals surface area contributed by atoms with Crippen molar-refractivity contribution in [1.29, 1.82) is 0 Å². The monoisotopic (exact) mass is 438 g/mol. The number of piperidine rings is 1. The van der Waals surface area contributed by atoms with E-state index in [9.17, 15) is 4.79 Å². The second kappa shape index (κ2) is 14.1. The maximum Gasteiger partial charge on any atom is 0.276 e. The van der Waals surface area contributed by atoms with Crippen molar-refractivity contribution in [3.05, 3.63) is 11.4 Å². The molecule has 1 aliphatic rings. The third-order valence-electron chi connectivity index (χ3n) is 5.22. The Hall–Kier alpha value is -0.930. The smallest absolute Gasteiger partial charge is 0.276 e. The summed E-state index contributed by atoms with van der Waals surface area (Å²) in [5, 5.41) is 11.9. The number of ether oxygens (including phenoxy) is 1. The molecule has 0 bridgehead atoms. The Bertz CT molecular complexity index is 562. The first-order valence-corrected chi connectivity index (χ1v) is 9.75. The van der Waals surface area contributed by atoms with E-state index in [-0.39, 0.29) is 30.7 Å². The van der Waals surface area contributed by atoms with Gasteiger partial charge in [-0.15, -0.1) is 29.9 Å². The molecule has 2 rings (SSSR count). The lowest BCUT2D eigenvalue weighted by molar-refractivity contribution is 0.0667. The second-order valence-corrected chi connectivity index (χ2v) is 6.76. The number of carbonyl (C=O) groups excluding carboxylic acids is 1. The van der Waals surface area contributed by atoms with Crippen LogP contribution in [0.5, 0.6) is 0 Å². The Morgan fingerprint density at radius 3 is 2.39 bits per heavy atom. The first kappa shape index (κ1) is 27.1. The molecule has 8 nitrogen and oxygen atoms in total. The summed E-state index contributed by atoms with van der Waals surface area (Å²) in [6.45, 7) is 12.8. The highest BCUT2D eigenvalue weighted by Crippen LogP contribution is 2.20. The highest BCUT2D eigenvalue weighted by Gasteiger charge is 2.26. The highest BCUT2D eigenvalue weighted by atomic mass is 35.5. The van der Waals surface area contributed by atoms with Crippen molar-refractivity contribution < 1.29 is 9.53 Å². The zero-order valence-corrected chi connectivity index (χ0v) is 19.2. The van der Waals surface area contributed by atoms with Crippen LogP contribution < -0.4 is 5.32 Å². The summed E-state index contributed by atoms with van der Waals surface area (Å²) in [6, 6.07) is 0.327. The third kappa shape index (κ3) is 7.15. The van der Waals surface area contributed by atoms with E-state index in [1.807, 2.05) is 16.5 Å². The summed E-state index contributed by atoms with van der Waals surface area (Å²) < 4.78 is 7.13. The predicted octanol–water partition coefficient (Wildman–Crippen LogP) is 1.79. The molecular formula is C18H36Cl2N6O2. The van der Waals surface area contributed by atoms with Gasteiger partial charge in [0.25, 0.3) is 5.91 Å². The summed E-state index contributed by atoms with van der Waals surface area (Å²) in [4.78, 5) is 17.2. The first-order valence-electron chi connectivity index (χ1n) is 9.75. The van der Waals surface area contributed by atoms with Crippen molar-refractivity contribution in [2.45, 2.75) is 39.7 Å². The molecule has 0 atom stereocenters. The van der Waals surface area contributed by atoms with Crippen LogP contribution in [0.3, 0.4) is 0 Å². The Morgan fingerprint density at radius 1 is 1.18 bits per heavy atom. The summed E-state index contributed by atoms with van der Waals surface area (Å²) in [5.41, 5.74) is 1.34. The van der Waals surface area contributed by atoms with Gasteiger partial charge >= 0.3 is 0 Å². The van der Waals surface area contributed by atoms with Crippen LogP contribution in [0.15, 0.2) is 0 Å². The lowest BCUT2D eigenvalue weighted by Crippen LogP contribution is -2.40. The highest BCUT2D eigenvalue weighted by molar-refractivity contribution is 5.93. The van der Waals surface area contributed by atoms with E-state index >= 15 is 0 Å². The van der Waals surface area contributed by atoms with Crippen molar-refractivity contribution in [3.63, 3.8) is 0 Å². The molecule has 1 saturated heterocycles. The molecule has 1 aliphatic heterocycles. The van der Waals surface area contributed by atoms with E-state index in [1.165, 1.54) is 0 Å². The van der Waals surface area contributed by atoms with Crippen LogP contribution in [0.4, 0.5) is 0 Å². The van der Waals surface area contributed by atoms with Gasteiger partial charge in [-0.05, 0) is 45.9 Å². The topological polar surface area (TPSA) is 75.5 Å². The van der Waals surface area contributed by atoms with E-state index in [1.54, 1.807) is 7.11 Å². The molecule has 0 saturated carbocycles. The maximum atomic E-state index is 13.1. The van der Waals surface area contributed by atoms with Gasteiger partial charge in [0.2, 0.25) is 0 Å². The summed E-state index contributed by atoms with van der Waals surface area (Å²) >= 11 is 0. The van der Waals surface area contributed by atoms with Crippen LogP contribution in [0.2, 0.25) is 0 Å².